The molecule has 1 rings (SSSR count). The van der Waals surface area contributed by atoms with Crippen LogP contribution in [0.4, 0.5) is 5.69 Å². The van der Waals surface area contributed by atoms with Crippen LogP contribution in [-0.4, -0.2) is 19.1 Å². The van der Waals surface area contributed by atoms with Crippen molar-refractivity contribution in [3.8, 4) is 5.75 Å². The van der Waals surface area contributed by atoms with E-state index < -0.39 is 0 Å². The maximum absolute atomic E-state index is 11.5. The molecule has 0 saturated carbocycles. The van der Waals surface area contributed by atoms with Crippen LogP contribution in [0.5, 0.6) is 5.75 Å². The summed E-state index contributed by atoms with van der Waals surface area (Å²) in [6.45, 7) is 5.45. The maximum atomic E-state index is 11.5. The monoisotopic (exact) mass is 264 g/mol. The van der Waals surface area contributed by atoms with Crippen molar-refractivity contribution in [3.63, 3.8) is 0 Å². The third-order valence-corrected chi connectivity index (χ3v) is 2.79. The van der Waals surface area contributed by atoms with Crippen LogP contribution in [0.1, 0.15) is 33.1 Å². The van der Waals surface area contributed by atoms with Crippen molar-refractivity contribution in [1.82, 2.24) is 5.32 Å². The molecular weight excluding hydrogens is 240 g/mol. The highest BCUT2D eigenvalue weighted by Crippen LogP contribution is 2.19. The summed E-state index contributed by atoms with van der Waals surface area (Å²) in [4.78, 5) is 11.5. The Morgan fingerprint density at radius 1 is 1.37 bits per heavy atom. The number of carbonyl (C=O) groups is 1. The number of anilines is 1. The van der Waals surface area contributed by atoms with E-state index in [1.807, 2.05) is 12.1 Å². The first kappa shape index (κ1) is 15.3. The largest absolute Gasteiger partial charge is 0.491 e. The molecule has 3 N–H and O–H groups in total. The van der Waals surface area contributed by atoms with E-state index in [9.17, 15) is 4.79 Å². The average Bonchev–Trinajstić information content (AvgIpc) is 2.37. The highest BCUT2D eigenvalue weighted by atomic mass is 16.5. The number of amides is 1. The lowest BCUT2D eigenvalue weighted by Crippen LogP contribution is -2.26. The summed E-state index contributed by atoms with van der Waals surface area (Å²) in [5.74, 6) is 1.34. The molecule has 0 bridgehead atoms. The van der Waals surface area contributed by atoms with Gasteiger partial charge in [0.05, 0.1) is 18.7 Å². The van der Waals surface area contributed by atoms with Gasteiger partial charge in [0.2, 0.25) is 5.91 Å². The van der Waals surface area contributed by atoms with Crippen LogP contribution in [0.2, 0.25) is 0 Å². The SMILES string of the molecule is CC(C)CCCNC(=O)CCOc1ccccc1N. The molecule has 4 heteroatoms. The second-order valence-electron chi connectivity index (χ2n) is 5.02. The fourth-order valence-corrected chi connectivity index (χ4v) is 1.69. The molecule has 0 atom stereocenters. The summed E-state index contributed by atoms with van der Waals surface area (Å²) in [7, 11) is 0. The third kappa shape index (κ3) is 6.70. The second-order valence-corrected chi connectivity index (χ2v) is 5.02. The Kier molecular flexibility index (Phi) is 6.79. The molecule has 19 heavy (non-hydrogen) atoms. The molecule has 106 valence electrons. The van der Waals surface area contributed by atoms with Crippen molar-refractivity contribution >= 4 is 11.6 Å². The fourth-order valence-electron chi connectivity index (χ4n) is 1.69. The van der Waals surface area contributed by atoms with E-state index >= 15 is 0 Å². The number of ether oxygens (including phenoxy) is 1. The number of hydrogen-bond donors (Lipinski definition) is 2. The molecule has 1 amide bonds. The Labute approximate surface area is 115 Å². The van der Waals surface area contributed by atoms with E-state index in [2.05, 4.69) is 19.2 Å². The Hall–Kier alpha value is -1.71. The first-order chi connectivity index (χ1) is 9.09. The predicted molar refractivity (Wildman–Crippen MR) is 78.0 cm³/mol. The van der Waals surface area contributed by atoms with Gasteiger partial charge in [-0.1, -0.05) is 26.0 Å². The maximum Gasteiger partial charge on any atom is 0.223 e. The van der Waals surface area contributed by atoms with Crippen molar-refractivity contribution < 1.29 is 9.53 Å². The zero-order valence-electron chi connectivity index (χ0n) is 11.8. The molecule has 1 aromatic carbocycles. The van der Waals surface area contributed by atoms with Gasteiger partial charge < -0.3 is 15.8 Å². The Balaban J connectivity index is 2.12. The van der Waals surface area contributed by atoms with Gasteiger partial charge in [0.25, 0.3) is 0 Å². The van der Waals surface area contributed by atoms with E-state index in [0.717, 1.165) is 19.4 Å². The van der Waals surface area contributed by atoms with E-state index in [1.54, 1.807) is 12.1 Å². The number of nitrogens with one attached hydrogen (secondary N) is 1. The summed E-state index contributed by atoms with van der Waals surface area (Å²) in [5.41, 5.74) is 6.34. The summed E-state index contributed by atoms with van der Waals surface area (Å²) in [6, 6.07) is 7.29. The minimum absolute atomic E-state index is 0.0262. The van der Waals surface area contributed by atoms with Gasteiger partial charge in [0, 0.05) is 6.54 Å². The lowest BCUT2D eigenvalue weighted by Gasteiger charge is -2.09. The Morgan fingerprint density at radius 2 is 2.11 bits per heavy atom. The van der Waals surface area contributed by atoms with Crippen molar-refractivity contribution in [1.29, 1.82) is 0 Å². The topological polar surface area (TPSA) is 64.3 Å². The minimum atomic E-state index is 0.0262. The van der Waals surface area contributed by atoms with E-state index in [4.69, 9.17) is 10.5 Å². The molecule has 0 radical (unpaired) electrons. The first-order valence-electron chi connectivity index (χ1n) is 6.83. The van der Waals surface area contributed by atoms with Gasteiger partial charge >= 0.3 is 0 Å². The van der Waals surface area contributed by atoms with Crippen LogP contribution < -0.4 is 15.8 Å². The van der Waals surface area contributed by atoms with Crippen LogP contribution >= 0.6 is 0 Å². The first-order valence-corrected chi connectivity index (χ1v) is 6.83. The van der Waals surface area contributed by atoms with Gasteiger partial charge in [-0.25, -0.2) is 0 Å². The van der Waals surface area contributed by atoms with Gasteiger partial charge in [0.15, 0.2) is 0 Å². The lowest BCUT2D eigenvalue weighted by atomic mass is 10.1. The third-order valence-electron chi connectivity index (χ3n) is 2.79. The molecule has 0 saturated heterocycles. The molecule has 0 unspecified atom stereocenters. The van der Waals surface area contributed by atoms with Gasteiger partial charge in [-0.3, -0.25) is 4.79 Å². The lowest BCUT2D eigenvalue weighted by molar-refractivity contribution is -0.121. The number of para-hydroxylation sites is 2. The van der Waals surface area contributed by atoms with Crippen molar-refractivity contribution in [2.75, 3.05) is 18.9 Å². The number of nitrogen functional groups attached to an aromatic ring is 1. The molecule has 0 aromatic heterocycles. The number of benzene rings is 1. The van der Waals surface area contributed by atoms with Crippen LogP contribution in [0, 0.1) is 5.92 Å². The number of nitrogens with two attached hydrogens (primary N) is 1. The molecule has 0 heterocycles. The number of rotatable bonds is 8. The van der Waals surface area contributed by atoms with Gasteiger partial charge in [-0.05, 0) is 30.9 Å². The minimum Gasteiger partial charge on any atom is -0.491 e. The zero-order valence-corrected chi connectivity index (χ0v) is 11.8. The van der Waals surface area contributed by atoms with Crippen LogP contribution in [-0.2, 0) is 4.79 Å². The van der Waals surface area contributed by atoms with E-state index in [0.29, 0.717) is 30.4 Å². The Bertz CT molecular complexity index is 391. The summed E-state index contributed by atoms with van der Waals surface area (Å²) in [6.07, 6.45) is 2.52. The van der Waals surface area contributed by atoms with Crippen LogP contribution in [0.3, 0.4) is 0 Å². The van der Waals surface area contributed by atoms with Crippen LogP contribution in [0.15, 0.2) is 24.3 Å². The summed E-state index contributed by atoms with van der Waals surface area (Å²) < 4.78 is 5.47. The smallest absolute Gasteiger partial charge is 0.223 e. The standard InChI is InChI=1S/C15H24N2O2/c1-12(2)6-5-10-17-15(18)9-11-19-14-8-4-3-7-13(14)16/h3-4,7-8,12H,5-6,9-11,16H2,1-2H3,(H,17,18). The van der Waals surface area contributed by atoms with E-state index in [-0.39, 0.29) is 5.91 Å². The number of carbonyl (C=O) groups excluding carboxylic acids is 1. The fraction of sp³-hybridized carbons (Fsp3) is 0.533. The molecular formula is C15H24N2O2. The summed E-state index contributed by atoms with van der Waals surface area (Å²) in [5, 5.41) is 2.89. The highest BCUT2D eigenvalue weighted by molar-refractivity contribution is 5.75. The molecule has 0 aliphatic heterocycles. The normalized spacial score (nSPS) is 10.5. The molecule has 4 nitrogen and oxygen atoms in total. The quantitative estimate of drug-likeness (QED) is 0.560. The average molecular weight is 264 g/mol. The number of hydrogen-bond acceptors (Lipinski definition) is 3. The Morgan fingerprint density at radius 3 is 2.79 bits per heavy atom. The molecule has 0 aliphatic rings. The van der Waals surface area contributed by atoms with Crippen LogP contribution in [0.25, 0.3) is 0 Å². The van der Waals surface area contributed by atoms with E-state index in [1.165, 1.54) is 0 Å². The van der Waals surface area contributed by atoms with Gasteiger partial charge in [0.1, 0.15) is 5.75 Å². The summed E-state index contributed by atoms with van der Waals surface area (Å²) >= 11 is 0. The van der Waals surface area contributed by atoms with Crippen molar-refractivity contribution in [3.05, 3.63) is 24.3 Å². The second kappa shape index (κ2) is 8.40. The van der Waals surface area contributed by atoms with Crippen molar-refractivity contribution in [2.24, 2.45) is 5.92 Å². The zero-order chi connectivity index (χ0) is 14.1. The molecule has 0 aliphatic carbocycles. The van der Waals surface area contributed by atoms with Gasteiger partial charge in [-0.15, -0.1) is 0 Å². The molecule has 1 aromatic rings. The molecule has 0 spiro atoms. The predicted octanol–water partition coefficient (Wildman–Crippen LogP) is 2.59. The van der Waals surface area contributed by atoms with Gasteiger partial charge in [-0.2, -0.15) is 0 Å². The molecule has 0 fully saturated rings. The highest BCUT2D eigenvalue weighted by Gasteiger charge is 2.03. The van der Waals surface area contributed by atoms with Crippen molar-refractivity contribution in [2.45, 2.75) is 33.1 Å².